The highest BCUT2D eigenvalue weighted by Crippen LogP contribution is 2.41. The average molecular weight is 460 g/mol. The van der Waals surface area contributed by atoms with Gasteiger partial charge in [0, 0.05) is 25.7 Å². The van der Waals surface area contributed by atoms with E-state index in [1.807, 2.05) is 43.4 Å². The van der Waals surface area contributed by atoms with Crippen LogP contribution in [-0.4, -0.2) is 39.1 Å². The highest BCUT2D eigenvalue weighted by molar-refractivity contribution is 5.91. The number of nitrogens with one attached hydrogen (secondary N) is 1. The highest BCUT2D eigenvalue weighted by atomic mass is 35.5. The van der Waals surface area contributed by atoms with Crippen molar-refractivity contribution in [1.82, 2.24) is 5.32 Å². The van der Waals surface area contributed by atoms with Crippen molar-refractivity contribution in [2.24, 2.45) is 11.1 Å². The first-order valence-electron chi connectivity index (χ1n) is 10.8. The fourth-order valence-electron chi connectivity index (χ4n) is 4.49. The summed E-state index contributed by atoms with van der Waals surface area (Å²) in [4.78, 5) is 25.7. The second-order valence-corrected chi connectivity index (χ2v) is 8.54. The fraction of sp³-hybridized carbons (Fsp3) is 0.440. The molecule has 1 aliphatic carbocycles. The van der Waals surface area contributed by atoms with Gasteiger partial charge in [0.05, 0.1) is 12.5 Å². The van der Waals surface area contributed by atoms with Crippen LogP contribution >= 0.6 is 12.4 Å². The maximum atomic E-state index is 12.5. The summed E-state index contributed by atoms with van der Waals surface area (Å²) in [6, 6.07) is 14.4. The molecule has 0 aliphatic heterocycles. The van der Waals surface area contributed by atoms with Gasteiger partial charge < -0.3 is 20.7 Å². The minimum absolute atomic E-state index is 0. The van der Waals surface area contributed by atoms with Gasteiger partial charge in [-0.25, -0.2) is 0 Å². The Labute approximate surface area is 196 Å². The molecular formula is C25H34ClN3O3. The molecule has 0 bridgehead atoms. The van der Waals surface area contributed by atoms with E-state index in [-0.39, 0.29) is 24.2 Å². The molecule has 0 unspecified atom stereocenters. The number of benzene rings is 2. The lowest BCUT2D eigenvalue weighted by molar-refractivity contribution is -0.129. The minimum atomic E-state index is -0.548. The van der Waals surface area contributed by atoms with E-state index < -0.39 is 5.41 Å². The zero-order valence-electron chi connectivity index (χ0n) is 19.3. The Kier molecular flexibility index (Phi) is 8.70. The van der Waals surface area contributed by atoms with Crippen LogP contribution in [0.4, 0.5) is 5.69 Å². The van der Waals surface area contributed by atoms with Crippen LogP contribution in [0.1, 0.15) is 38.2 Å². The number of primary amides is 1. The normalized spacial score (nSPS) is 20.2. The summed E-state index contributed by atoms with van der Waals surface area (Å²) in [7, 11) is 5.38. The number of hydrogen-bond donors (Lipinski definition) is 2. The van der Waals surface area contributed by atoms with Crippen molar-refractivity contribution >= 4 is 29.9 Å². The molecule has 0 atom stereocenters. The van der Waals surface area contributed by atoms with Gasteiger partial charge in [-0.2, -0.15) is 0 Å². The summed E-state index contributed by atoms with van der Waals surface area (Å²) in [6.07, 6.45) is 3.99. The van der Waals surface area contributed by atoms with Crippen molar-refractivity contribution in [1.29, 1.82) is 0 Å². The topological polar surface area (TPSA) is 84.7 Å². The number of ether oxygens (including phenoxy) is 1. The third-order valence-electron chi connectivity index (χ3n) is 6.74. The molecule has 32 heavy (non-hydrogen) atoms. The van der Waals surface area contributed by atoms with E-state index >= 15 is 0 Å². The number of hydrogen-bond acceptors (Lipinski definition) is 4. The first kappa shape index (κ1) is 25.7. The molecule has 2 aromatic rings. The van der Waals surface area contributed by atoms with Gasteiger partial charge in [0.2, 0.25) is 11.8 Å². The molecule has 1 fully saturated rings. The number of nitrogens with zero attached hydrogens (tertiary/aromatic N) is 1. The van der Waals surface area contributed by atoms with Crippen molar-refractivity contribution in [3.05, 3.63) is 48.0 Å². The van der Waals surface area contributed by atoms with Crippen LogP contribution in [0.15, 0.2) is 42.5 Å². The van der Waals surface area contributed by atoms with Gasteiger partial charge in [-0.1, -0.05) is 18.2 Å². The Morgan fingerprint density at radius 3 is 2.22 bits per heavy atom. The van der Waals surface area contributed by atoms with Crippen molar-refractivity contribution in [2.45, 2.75) is 45.1 Å². The van der Waals surface area contributed by atoms with Gasteiger partial charge in [0.15, 0.2) is 0 Å². The average Bonchev–Trinajstić information content (AvgIpc) is 2.79. The molecule has 174 valence electrons. The lowest BCUT2D eigenvalue weighted by Crippen LogP contribution is -2.45. The number of halogens is 1. The number of rotatable bonds is 7. The second kappa shape index (κ2) is 10.8. The van der Waals surface area contributed by atoms with Crippen LogP contribution < -0.4 is 20.7 Å². The van der Waals surface area contributed by atoms with Gasteiger partial charge >= 0.3 is 0 Å². The third-order valence-corrected chi connectivity index (χ3v) is 6.74. The SMILES string of the molecule is CNC1CCC(Cc2cc(-c3ccc(N(C)C(C)=O)cc3)ccc2OC)(C(N)=O)CC1.Cl. The van der Waals surface area contributed by atoms with Gasteiger partial charge in [-0.05, 0) is 80.1 Å². The Bertz CT molecular complexity index is 938. The fourth-order valence-corrected chi connectivity index (χ4v) is 4.49. The highest BCUT2D eigenvalue weighted by Gasteiger charge is 2.40. The van der Waals surface area contributed by atoms with Crippen LogP contribution in [0.25, 0.3) is 11.1 Å². The van der Waals surface area contributed by atoms with E-state index in [1.54, 1.807) is 26.0 Å². The van der Waals surface area contributed by atoms with Gasteiger partial charge in [0.1, 0.15) is 5.75 Å². The Morgan fingerprint density at radius 1 is 1.12 bits per heavy atom. The van der Waals surface area contributed by atoms with Crippen LogP contribution in [0, 0.1) is 5.41 Å². The summed E-state index contributed by atoms with van der Waals surface area (Å²) < 4.78 is 5.61. The number of carbonyl (C=O) groups is 2. The molecule has 0 radical (unpaired) electrons. The number of carbonyl (C=O) groups excluding carboxylic acids is 2. The number of nitrogens with two attached hydrogens (primary N) is 1. The summed E-state index contributed by atoms with van der Waals surface area (Å²) in [5, 5.41) is 3.32. The third kappa shape index (κ3) is 5.43. The van der Waals surface area contributed by atoms with Crippen LogP contribution in [0.2, 0.25) is 0 Å². The lowest BCUT2D eigenvalue weighted by Gasteiger charge is -2.38. The summed E-state index contributed by atoms with van der Waals surface area (Å²) in [5.74, 6) is 0.531. The molecule has 0 saturated heterocycles. The van der Waals surface area contributed by atoms with Gasteiger partial charge in [-0.15, -0.1) is 12.4 Å². The molecule has 6 nitrogen and oxygen atoms in total. The number of amides is 2. The molecule has 3 rings (SSSR count). The van der Waals surface area contributed by atoms with Gasteiger partial charge in [-0.3, -0.25) is 9.59 Å². The molecule has 0 heterocycles. The van der Waals surface area contributed by atoms with Crippen LogP contribution in [0.5, 0.6) is 5.75 Å². The predicted octanol–water partition coefficient (Wildman–Crippen LogP) is 3.94. The summed E-state index contributed by atoms with van der Waals surface area (Å²) in [5.41, 5.74) is 9.28. The molecule has 7 heteroatoms. The summed E-state index contributed by atoms with van der Waals surface area (Å²) >= 11 is 0. The smallest absolute Gasteiger partial charge is 0.223 e. The van der Waals surface area contributed by atoms with E-state index in [1.165, 1.54) is 0 Å². The largest absolute Gasteiger partial charge is 0.496 e. The zero-order valence-corrected chi connectivity index (χ0v) is 20.1. The second-order valence-electron chi connectivity index (χ2n) is 8.54. The Balaban J connectivity index is 0.00000363. The maximum Gasteiger partial charge on any atom is 0.223 e. The molecule has 1 aliphatic rings. The minimum Gasteiger partial charge on any atom is -0.496 e. The first-order valence-corrected chi connectivity index (χ1v) is 10.8. The van der Waals surface area contributed by atoms with E-state index in [9.17, 15) is 9.59 Å². The Morgan fingerprint density at radius 2 is 1.72 bits per heavy atom. The number of methoxy groups -OCH3 is 1. The predicted molar refractivity (Wildman–Crippen MR) is 131 cm³/mol. The maximum absolute atomic E-state index is 12.5. The van der Waals surface area contributed by atoms with E-state index in [4.69, 9.17) is 10.5 Å². The van der Waals surface area contributed by atoms with Crippen LogP contribution in [0.3, 0.4) is 0 Å². The van der Waals surface area contributed by atoms with Crippen molar-refractivity contribution < 1.29 is 14.3 Å². The van der Waals surface area contributed by atoms with Crippen molar-refractivity contribution in [2.75, 3.05) is 26.1 Å². The van der Waals surface area contributed by atoms with E-state index in [2.05, 4.69) is 11.4 Å². The van der Waals surface area contributed by atoms with E-state index in [0.29, 0.717) is 12.5 Å². The molecular weight excluding hydrogens is 426 g/mol. The van der Waals surface area contributed by atoms with Crippen molar-refractivity contribution in [3.63, 3.8) is 0 Å². The lowest BCUT2D eigenvalue weighted by atomic mass is 9.68. The molecule has 0 aromatic heterocycles. The molecule has 2 aromatic carbocycles. The molecule has 2 amide bonds. The molecule has 1 saturated carbocycles. The van der Waals surface area contributed by atoms with E-state index in [0.717, 1.165) is 53.8 Å². The first-order chi connectivity index (χ1) is 14.8. The quantitative estimate of drug-likeness (QED) is 0.656. The van der Waals surface area contributed by atoms with Crippen LogP contribution in [-0.2, 0) is 16.0 Å². The van der Waals surface area contributed by atoms with Crippen molar-refractivity contribution in [3.8, 4) is 16.9 Å². The zero-order chi connectivity index (χ0) is 22.6. The summed E-state index contributed by atoms with van der Waals surface area (Å²) in [6.45, 7) is 1.54. The number of anilines is 1. The standard InChI is InChI=1S/C25H33N3O3.ClH/c1-17(29)28(3)22-8-5-18(6-9-22)19-7-10-23(31-4)20(15-19)16-25(24(26)30)13-11-21(27-2)12-14-25;/h5-10,15,21,27H,11-14,16H2,1-4H3,(H2,26,30);1H. The monoisotopic (exact) mass is 459 g/mol. The molecule has 0 spiro atoms. The van der Waals surface area contributed by atoms with Gasteiger partial charge in [0.25, 0.3) is 0 Å². The Hall–Kier alpha value is -2.57. The molecule has 3 N–H and O–H groups in total.